The molecule has 0 saturated heterocycles. The van der Waals surface area contributed by atoms with E-state index in [9.17, 15) is 8.42 Å². The highest BCUT2D eigenvalue weighted by Gasteiger charge is 2.41. The Hall–Kier alpha value is -0.870. The first-order chi connectivity index (χ1) is 11.0. The van der Waals surface area contributed by atoms with Gasteiger partial charge < -0.3 is 0 Å². The van der Waals surface area contributed by atoms with Gasteiger partial charge in [-0.1, -0.05) is 49.8 Å². The largest absolute Gasteiger partial charge is 0.296 e. The molecule has 1 atom stereocenters. The highest BCUT2D eigenvalue weighted by Crippen LogP contribution is 2.51. The molecule has 0 aromatic heterocycles. The van der Waals surface area contributed by atoms with Crippen LogP contribution >= 0.6 is 0 Å². The van der Waals surface area contributed by atoms with Crippen molar-refractivity contribution in [1.82, 2.24) is 0 Å². The third-order valence-corrected chi connectivity index (χ3v) is 7.22. The zero-order valence-electron chi connectivity index (χ0n) is 14.1. The fourth-order valence-electron chi connectivity index (χ4n) is 4.50. The minimum absolute atomic E-state index is 0.275. The summed E-state index contributed by atoms with van der Waals surface area (Å²) in [4.78, 5) is 0.275. The van der Waals surface area contributed by atoms with E-state index in [4.69, 9.17) is 4.18 Å². The molecule has 2 fully saturated rings. The van der Waals surface area contributed by atoms with Crippen LogP contribution in [0.3, 0.4) is 0 Å². The van der Waals surface area contributed by atoms with Gasteiger partial charge >= 0.3 is 0 Å². The zero-order valence-corrected chi connectivity index (χ0v) is 14.9. The van der Waals surface area contributed by atoms with Gasteiger partial charge in [-0.3, -0.25) is 4.18 Å². The smallest absolute Gasteiger partial charge is 0.266 e. The Labute approximate surface area is 140 Å². The first-order valence-electron chi connectivity index (χ1n) is 8.98. The van der Waals surface area contributed by atoms with Crippen molar-refractivity contribution in [2.24, 2.45) is 11.3 Å². The van der Waals surface area contributed by atoms with Crippen molar-refractivity contribution in [3.63, 3.8) is 0 Å². The summed E-state index contributed by atoms with van der Waals surface area (Å²) in [6.45, 7) is 2.31. The number of rotatable bonds is 4. The SMILES string of the molecule is Cc1ccc(S(=O)(=O)OCC2CCCCC23CCCCC3)cc1. The number of hydrogen-bond donors (Lipinski definition) is 0. The lowest BCUT2D eigenvalue weighted by Crippen LogP contribution is -2.38. The predicted molar refractivity (Wildman–Crippen MR) is 91.8 cm³/mol. The van der Waals surface area contributed by atoms with Crippen molar-refractivity contribution in [2.45, 2.75) is 69.6 Å². The summed E-state index contributed by atoms with van der Waals surface area (Å²) >= 11 is 0. The highest BCUT2D eigenvalue weighted by atomic mass is 32.2. The van der Waals surface area contributed by atoms with Crippen LogP contribution in [0, 0.1) is 18.3 Å². The van der Waals surface area contributed by atoms with Gasteiger partial charge in [0.2, 0.25) is 0 Å². The molecule has 3 rings (SSSR count). The summed E-state index contributed by atoms with van der Waals surface area (Å²) in [5.41, 5.74) is 1.40. The molecule has 0 radical (unpaired) electrons. The van der Waals surface area contributed by atoms with Crippen LogP contribution in [-0.2, 0) is 14.3 Å². The molecule has 0 amide bonds. The van der Waals surface area contributed by atoms with Gasteiger partial charge in [-0.15, -0.1) is 0 Å². The lowest BCUT2D eigenvalue weighted by atomic mass is 9.60. The highest BCUT2D eigenvalue weighted by molar-refractivity contribution is 7.86. The van der Waals surface area contributed by atoms with Gasteiger partial charge in [0.1, 0.15) is 0 Å². The fourth-order valence-corrected chi connectivity index (χ4v) is 5.45. The number of benzene rings is 1. The molecule has 1 aromatic carbocycles. The summed E-state index contributed by atoms with van der Waals surface area (Å²) in [6.07, 6.45) is 11.3. The van der Waals surface area contributed by atoms with E-state index in [1.54, 1.807) is 12.1 Å². The summed E-state index contributed by atoms with van der Waals surface area (Å²) in [7, 11) is -3.63. The van der Waals surface area contributed by atoms with Gasteiger partial charge in [0.15, 0.2) is 0 Å². The number of hydrogen-bond acceptors (Lipinski definition) is 3. The predicted octanol–water partition coefficient (Wildman–Crippen LogP) is 4.84. The first-order valence-corrected chi connectivity index (χ1v) is 10.4. The van der Waals surface area contributed by atoms with Gasteiger partial charge in [0.05, 0.1) is 11.5 Å². The molecule has 1 aromatic rings. The van der Waals surface area contributed by atoms with E-state index >= 15 is 0 Å². The van der Waals surface area contributed by atoms with E-state index in [1.807, 2.05) is 19.1 Å². The average Bonchev–Trinajstić information content (AvgIpc) is 2.55. The molecule has 0 aliphatic heterocycles. The molecule has 0 N–H and O–H groups in total. The van der Waals surface area contributed by atoms with E-state index < -0.39 is 10.1 Å². The minimum atomic E-state index is -3.63. The maximum atomic E-state index is 12.4. The Bertz CT molecular complexity index is 604. The third kappa shape index (κ3) is 3.80. The minimum Gasteiger partial charge on any atom is -0.266 e. The van der Waals surface area contributed by atoms with Crippen molar-refractivity contribution in [2.75, 3.05) is 6.61 Å². The Morgan fingerprint density at radius 2 is 1.61 bits per heavy atom. The van der Waals surface area contributed by atoms with E-state index in [2.05, 4.69) is 0 Å². The van der Waals surface area contributed by atoms with Gasteiger partial charge in [-0.05, 0) is 56.1 Å². The van der Waals surface area contributed by atoms with Gasteiger partial charge in [0.25, 0.3) is 10.1 Å². The van der Waals surface area contributed by atoms with E-state index in [1.165, 1.54) is 51.4 Å². The van der Waals surface area contributed by atoms with Crippen LogP contribution in [0.5, 0.6) is 0 Å². The first kappa shape index (κ1) is 17.0. The quantitative estimate of drug-likeness (QED) is 0.739. The third-order valence-electron chi connectivity index (χ3n) is 5.93. The number of aryl methyl sites for hydroxylation is 1. The van der Waals surface area contributed by atoms with Crippen LogP contribution < -0.4 is 0 Å². The molecule has 128 valence electrons. The van der Waals surface area contributed by atoms with Crippen molar-refractivity contribution >= 4 is 10.1 Å². The Morgan fingerprint density at radius 3 is 2.26 bits per heavy atom. The Kier molecular flexibility index (Phi) is 5.12. The topological polar surface area (TPSA) is 43.4 Å². The zero-order chi connectivity index (χ0) is 16.3. The van der Waals surface area contributed by atoms with Gasteiger partial charge in [0, 0.05) is 0 Å². The maximum Gasteiger partial charge on any atom is 0.296 e. The fraction of sp³-hybridized carbons (Fsp3) is 0.684. The second-order valence-corrected chi connectivity index (χ2v) is 9.03. The van der Waals surface area contributed by atoms with Crippen LogP contribution in [0.25, 0.3) is 0 Å². The lowest BCUT2D eigenvalue weighted by molar-refractivity contribution is 0.0197. The van der Waals surface area contributed by atoms with Crippen LogP contribution in [0.2, 0.25) is 0 Å². The molecule has 23 heavy (non-hydrogen) atoms. The van der Waals surface area contributed by atoms with Crippen LogP contribution in [0.4, 0.5) is 0 Å². The summed E-state index contributed by atoms with van der Waals surface area (Å²) in [6, 6.07) is 6.92. The van der Waals surface area contributed by atoms with Crippen LogP contribution in [0.1, 0.15) is 63.4 Å². The Balaban J connectivity index is 1.69. The molecule has 2 aliphatic carbocycles. The molecular formula is C19H28O3S. The van der Waals surface area contributed by atoms with E-state index in [0.717, 1.165) is 12.0 Å². The summed E-state index contributed by atoms with van der Waals surface area (Å²) < 4.78 is 30.4. The Morgan fingerprint density at radius 1 is 1.00 bits per heavy atom. The van der Waals surface area contributed by atoms with E-state index in [-0.39, 0.29) is 4.90 Å². The molecule has 4 heteroatoms. The van der Waals surface area contributed by atoms with Crippen molar-refractivity contribution in [1.29, 1.82) is 0 Å². The van der Waals surface area contributed by atoms with Crippen LogP contribution in [0.15, 0.2) is 29.2 Å². The normalized spacial score (nSPS) is 24.7. The molecule has 2 saturated carbocycles. The average molecular weight is 336 g/mol. The molecule has 3 nitrogen and oxygen atoms in total. The molecule has 1 spiro atoms. The molecule has 0 heterocycles. The standard InChI is InChI=1S/C19H28O3S/c1-16-8-10-18(11-9-16)23(20,21)22-15-17-7-3-6-14-19(17)12-4-2-5-13-19/h8-11,17H,2-7,12-15H2,1H3. The monoisotopic (exact) mass is 336 g/mol. The molecule has 1 unspecified atom stereocenters. The molecule has 2 aliphatic rings. The second-order valence-electron chi connectivity index (χ2n) is 7.42. The van der Waals surface area contributed by atoms with E-state index in [0.29, 0.717) is 17.9 Å². The van der Waals surface area contributed by atoms with Crippen molar-refractivity contribution in [3.8, 4) is 0 Å². The van der Waals surface area contributed by atoms with Crippen molar-refractivity contribution < 1.29 is 12.6 Å². The molecule has 0 bridgehead atoms. The van der Waals surface area contributed by atoms with Gasteiger partial charge in [-0.25, -0.2) is 0 Å². The maximum absolute atomic E-state index is 12.4. The molecular weight excluding hydrogens is 308 g/mol. The summed E-state index contributed by atoms with van der Waals surface area (Å²) in [5, 5.41) is 0. The van der Waals surface area contributed by atoms with Gasteiger partial charge in [-0.2, -0.15) is 8.42 Å². The van der Waals surface area contributed by atoms with Crippen LogP contribution in [-0.4, -0.2) is 15.0 Å². The lowest BCUT2D eigenvalue weighted by Gasteiger charge is -2.46. The summed E-state index contributed by atoms with van der Waals surface area (Å²) in [5.74, 6) is 0.400. The van der Waals surface area contributed by atoms with Crippen molar-refractivity contribution in [3.05, 3.63) is 29.8 Å². The second kappa shape index (κ2) is 6.94.